The summed E-state index contributed by atoms with van der Waals surface area (Å²) in [5, 5.41) is 3.15. The highest BCUT2D eigenvalue weighted by Crippen LogP contribution is 2.10. The van der Waals surface area contributed by atoms with Gasteiger partial charge in [-0.15, -0.1) is 0 Å². The molecule has 0 saturated heterocycles. The van der Waals surface area contributed by atoms with Crippen LogP contribution in [0.5, 0.6) is 0 Å². The molecule has 0 radical (unpaired) electrons. The van der Waals surface area contributed by atoms with Crippen LogP contribution in [0.15, 0.2) is 24.3 Å². The van der Waals surface area contributed by atoms with Gasteiger partial charge in [0.2, 0.25) is 0 Å². The molecule has 0 saturated carbocycles. The number of anilines is 1. The van der Waals surface area contributed by atoms with Crippen LogP contribution in [0, 0.1) is 0 Å². The fourth-order valence-electron chi connectivity index (χ4n) is 1.04. The first-order valence-electron chi connectivity index (χ1n) is 4.26. The lowest BCUT2D eigenvalue weighted by molar-refractivity contribution is 0.741. The second-order valence-electron chi connectivity index (χ2n) is 3.22. The number of para-hydroxylation sites is 1. The summed E-state index contributed by atoms with van der Waals surface area (Å²) in [6.45, 7) is 4.09. The van der Waals surface area contributed by atoms with Gasteiger partial charge in [0.15, 0.2) is 0 Å². The van der Waals surface area contributed by atoms with Crippen molar-refractivity contribution in [1.82, 2.24) is 5.32 Å². The molecular weight excluding hydrogens is 180 g/mol. The monoisotopic (exact) mass is 194 g/mol. The summed E-state index contributed by atoms with van der Waals surface area (Å²) >= 11 is 5.19. The van der Waals surface area contributed by atoms with E-state index in [1.165, 1.54) is 0 Å². The molecule has 0 aliphatic heterocycles. The third-order valence-electron chi connectivity index (χ3n) is 1.63. The van der Waals surface area contributed by atoms with Crippen LogP contribution in [0.1, 0.15) is 19.4 Å². The number of rotatable bonds is 2. The highest BCUT2D eigenvalue weighted by molar-refractivity contribution is 7.80. The van der Waals surface area contributed by atoms with Crippen molar-refractivity contribution in [1.29, 1.82) is 0 Å². The van der Waals surface area contributed by atoms with Crippen molar-refractivity contribution in [2.45, 2.75) is 19.9 Å². The first-order chi connectivity index (χ1) is 6.11. The third-order valence-corrected chi connectivity index (χ3v) is 1.96. The quantitative estimate of drug-likeness (QED) is 0.558. The van der Waals surface area contributed by atoms with E-state index in [1.54, 1.807) is 0 Å². The van der Waals surface area contributed by atoms with E-state index in [1.807, 2.05) is 38.1 Å². The zero-order chi connectivity index (χ0) is 9.84. The molecular formula is C10H14N2S. The number of nitrogens with one attached hydrogen (secondary N) is 1. The molecule has 0 spiro atoms. The minimum Gasteiger partial charge on any atom is -0.398 e. The number of nitrogen functional groups attached to an aromatic ring is 1. The van der Waals surface area contributed by atoms with Crippen LogP contribution in [0.4, 0.5) is 5.69 Å². The number of benzene rings is 1. The van der Waals surface area contributed by atoms with Crippen molar-refractivity contribution in [3.8, 4) is 0 Å². The lowest BCUT2D eigenvalue weighted by Gasteiger charge is -2.12. The topological polar surface area (TPSA) is 38.0 Å². The fourth-order valence-corrected chi connectivity index (χ4v) is 1.47. The molecule has 0 bridgehead atoms. The largest absolute Gasteiger partial charge is 0.398 e. The van der Waals surface area contributed by atoms with E-state index in [0.29, 0.717) is 11.0 Å². The SMILES string of the molecule is CC(C)NC(=S)c1ccccc1N. The van der Waals surface area contributed by atoms with E-state index < -0.39 is 0 Å². The average Bonchev–Trinajstić information content (AvgIpc) is 2.03. The van der Waals surface area contributed by atoms with Gasteiger partial charge in [-0.1, -0.05) is 24.4 Å². The molecule has 0 atom stereocenters. The van der Waals surface area contributed by atoms with Crippen LogP contribution < -0.4 is 11.1 Å². The first kappa shape index (κ1) is 9.99. The Balaban J connectivity index is 2.83. The molecule has 13 heavy (non-hydrogen) atoms. The van der Waals surface area contributed by atoms with E-state index in [4.69, 9.17) is 18.0 Å². The van der Waals surface area contributed by atoms with Crippen LogP contribution in [-0.2, 0) is 0 Å². The molecule has 0 aliphatic rings. The Hall–Kier alpha value is -1.09. The Labute approximate surface area is 84.1 Å². The van der Waals surface area contributed by atoms with Gasteiger partial charge in [-0.05, 0) is 26.0 Å². The van der Waals surface area contributed by atoms with Gasteiger partial charge >= 0.3 is 0 Å². The second-order valence-corrected chi connectivity index (χ2v) is 3.62. The van der Waals surface area contributed by atoms with Gasteiger partial charge in [0, 0.05) is 17.3 Å². The summed E-state index contributed by atoms with van der Waals surface area (Å²) in [7, 11) is 0. The van der Waals surface area contributed by atoms with Crippen molar-refractivity contribution in [2.24, 2.45) is 0 Å². The zero-order valence-electron chi connectivity index (χ0n) is 7.87. The number of nitrogens with two attached hydrogens (primary N) is 1. The summed E-state index contributed by atoms with van der Waals surface area (Å²) in [5.41, 5.74) is 7.40. The van der Waals surface area contributed by atoms with Crippen molar-refractivity contribution >= 4 is 22.9 Å². The van der Waals surface area contributed by atoms with Crippen molar-refractivity contribution in [3.63, 3.8) is 0 Å². The van der Waals surface area contributed by atoms with Crippen LogP contribution in [0.2, 0.25) is 0 Å². The lowest BCUT2D eigenvalue weighted by Crippen LogP contribution is -2.29. The minimum absolute atomic E-state index is 0.340. The fraction of sp³-hybridized carbons (Fsp3) is 0.300. The molecule has 0 fully saturated rings. The second kappa shape index (κ2) is 4.23. The van der Waals surface area contributed by atoms with Gasteiger partial charge in [-0.2, -0.15) is 0 Å². The molecule has 0 heterocycles. The van der Waals surface area contributed by atoms with Crippen molar-refractivity contribution in [3.05, 3.63) is 29.8 Å². The zero-order valence-corrected chi connectivity index (χ0v) is 8.69. The summed E-state index contributed by atoms with van der Waals surface area (Å²) in [4.78, 5) is 0.716. The van der Waals surface area contributed by atoms with Crippen LogP contribution in [0.3, 0.4) is 0 Å². The number of hydrogen-bond acceptors (Lipinski definition) is 2. The molecule has 1 aromatic carbocycles. The van der Waals surface area contributed by atoms with Gasteiger partial charge in [0.05, 0.1) is 0 Å². The van der Waals surface area contributed by atoms with E-state index in [9.17, 15) is 0 Å². The van der Waals surface area contributed by atoms with E-state index in [2.05, 4.69) is 5.32 Å². The summed E-state index contributed by atoms with van der Waals surface area (Å²) in [6, 6.07) is 7.94. The molecule has 1 rings (SSSR count). The Morgan fingerprint density at radius 1 is 1.38 bits per heavy atom. The van der Waals surface area contributed by atoms with Crippen LogP contribution in [-0.4, -0.2) is 11.0 Å². The predicted molar refractivity (Wildman–Crippen MR) is 60.8 cm³/mol. The van der Waals surface area contributed by atoms with Crippen molar-refractivity contribution < 1.29 is 0 Å². The summed E-state index contributed by atoms with van der Waals surface area (Å²) < 4.78 is 0. The highest BCUT2D eigenvalue weighted by Gasteiger charge is 2.04. The average molecular weight is 194 g/mol. The molecule has 70 valence electrons. The maximum absolute atomic E-state index is 5.77. The van der Waals surface area contributed by atoms with E-state index in [0.717, 1.165) is 11.3 Å². The smallest absolute Gasteiger partial charge is 0.108 e. The molecule has 2 nitrogen and oxygen atoms in total. The summed E-state index contributed by atoms with van der Waals surface area (Å²) in [6.07, 6.45) is 0. The van der Waals surface area contributed by atoms with Crippen molar-refractivity contribution in [2.75, 3.05) is 5.73 Å². The first-order valence-corrected chi connectivity index (χ1v) is 4.67. The maximum atomic E-state index is 5.77. The van der Waals surface area contributed by atoms with Gasteiger partial charge in [0.1, 0.15) is 4.99 Å². The van der Waals surface area contributed by atoms with Gasteiger partial charge in [-0.25, -0.2) is 0 Å². The van der Waals surface area contributed by atoms with Gasteiger partial charge in [-0.3, -0.25) is 0 Å². The number of thiocarbonyl (C=S) groups is 1. The standard InChI is InChI=1S/C10H14N2S/c1-7(2)12-10(13)8-5-3-4-6-9(8)11/h3-7H,11H2,1-2H3,(H,12,13). The lowest BCUT2D eigenvalue weighted by atomic mass is 10.2. The van der Waals surface area contributed by atoms with Crippen LogP contribution in [0.25, 0.3) is 0 Å². The van der Waals surface area contributed by atoms with Gasteiger partial charge in [0.25, 0.3) is 0 Å². The molecule has 0 aromatic heterocycles. The van der Waals surface area contributed by atoms with E-state index >= 15 is 0 Å². The minimum atomic E-state index is 0.340. The number of hydrogen-bond donors (Lipinski definition) is 2. The Morgan fingerprint density at radius 2 is 2.00 bits per heavy atom. The molecule has 0 unspecified atom stereocenters. The Kier molecular flexibility index (Phi) is 3.25. The van der Waals surface area contributed by atoms with Crippen LogP contribution >= 0.6 is 12.2 Å². The normalized spacial score (nSPS) is 10.1. The Morgan fingerprint density at radius 3 is 2.54 bits per heavy atom. The highest BCUT2D eigenvalue weighted by atomic mass is 32.1. The van der Waals surface area contributed by atoms with Gasteiger partial charge < -0.3 is 11.1 Å². The molecule has 0 aliphatic carbocycles. The molecule has 1 aromatic rings. The molecule has 3 N–H and O–H groups in total. The molecule has 0 amide bonds. The third kappa shape index (κ3) is 2.70. The molecule has 3 heteroatoms. The maximum Gasteiger partial charge on any atom is 0.108 e. The summed E-state index contributed by atoms with van der Waals surface area (Å²) in [5.74, 6) is 0. The predicted octanol–water partition coefficient (Wildman–Crippen LogP) is 1.94. The Bertz CT molecular complexity index is 308. The van der Waals surface area contributed by atoms with E-state index in [-0.39, 0.29) is 0 Å².